The molecule has 1 N–H and O–H groups in total. The van der Waals surface area contributed by atoms with Crippen molar-refractivity contribution in [1.82, 2.24) is 0 Å². The van der Waals surface area contributed by atoms with Crippen LogP contribution in [0.3, 0.4) is 0 Å². The third-order valence-electron chi connectivity index (χ3n) is 2.98. The van der Waals surface area contributed by atoms with Gasteiger partial charge in [-0.2, -0.15) is 8.78 Å². The summed E-state index contributed by atoms with van der Waals surface area (Å²) in [6.07, 6.45) is 1.33. The molecule has 0 bridgehead atoms. The van der Waals surface area contributed by atoms with Crippen molar-refractivity contribution in [2.45, 2.75) is 6.61 Å². The van der Waals surface area contributed by atoms with Crippen molar-refractivity contribution in [3.63, 3.8) is 0 Å². The fourth-order valence-corrected chi connectivity index (χ4v) is 2.46. The summed E-state index contributed by atoms with van der Waals surface area (Å²) < 4.78 is 34.9. The Bertz CT molecular complexity index is 787. The lowest BCUT2D eigenvalue weighted by Gasteiger charge is -2.09. The lowest BCUT2D eigenvalue weighted by atomic mass is 10.2. The van der Waals surface area contributed by atoms with Crippen molar-refractivity contribution in [2.75, 3.05) is 19.0 Å². The van der Waals surface area contributed by atoms with Crippen LogP contribution in [0.15, 0.2) is 47.6 Å². The van der Waals surface area contributed by atoms with Gasteiger partial charge in [0.15, 0.2) is 18.1 Å². The van der Waals surface area contributed by atoms with Crippen molar-refractivity contribution >= 4 is 40.4 Å². The number of alkyl halides is 2. The quantitative estimate of drug-likeness (QED) is 0.357. The molecule has 0 aliphatic rings. The number of hydrogen-bond donors (Lipinski definition) is 1. The Kier molecular flexibility index (Phi) is 7.57. The summed E-state index contributed by atoms with van der Waals surface area (Å²) in [5.41, 5.74) is 1.19. The zero-order valence-corrected chi connectivity index (χ0v) is 15.8. The third kappa shape index (κ3) is 6.47. The van der Waals surface area contributed by atoms with Gasteiger partial charge in [-0.05, 0) is 59.0 Å². The van der Waals surface area contributed by atoms with Crippen molar-refractivity contribution in [1.29, 1.82) is 0 Å². The van der Waals surface area contributed by atoms with E-state index in [1.54, 1.807) is 6.07 Å². The van der Waals surface area contributed by atoms with Crippen molar-refractivity contribution in [2.24, 2.45) is 5.16 Å². The highest BCUT2D eigenvalue weighted by atomic mass is 127. The molecular weight excluding hydrogens is 461 g/mol. The van der Waals surface area contributed by atoms with Gasteiger partial charge in [0.25, 0.3) is 5.91 Å². The maximum Gasteiger partial charge on any atom is 0.387 e. The lowest BCUT2D eigenvalue weighted by molar-refractivity contribution is -0.120. The number of amides is 1. The van der Waals surface area contributed by atoms with Crippen LogP contribution in [-0.4, -0.2) is 32.4 Å². The molecule has 2 aromatic carbocycles. The van der Waals surface area contributed by atoms with E-state index in [-0.39, 0.29) is 24.0 Å². The predicted octanol–water partition coefficient (Wildman–Crippen LogP) is 3.89. The minimum Gasteiger partial charge on any atom is -0.493 e. The van der Waals surface area contributed by atoms with E-state index in [1.807, 2.05) is 18.2 Å². The number of hydrogen-bond acceptors (Lipinski definition) is 5. The van der Waals surface area contributed by atoms with Crippen LogP contribution in [0.1, 0.15) is 5.56 Å². The SMILES string of the molecule is COc1cc(/C=N/OCC(=O)Nc2cccc(I)c2)ccc1OC(F)F. The zero-order valence-electron chi connectivity index (χ0n) is 13.6. The molecule has 9 heteroatoms. The summed E-state index contributed by atoms with van der Waals surface area (Å²) in [4.78, 5) is 16.7. The fraction of sp³-hybridized carbons (Fsp3) is 0.176. The molecule has 0 unspecified atom stereocenters. The van der Waals surface area contributed by atoms with Gasteiger partial charge in [0.2, 0.25) is 0 Å². The molecule has 26 heavy (non-hydrogen) atoms. The average Bonchev–Trinajstić information content (AvgIpc) is 2.59. The van der Waals surface area contributed by atoms with Crippen LogP contribution in [0.5, 0.6) is 11.5 Å². The summed E-state index contributed by atoms with van der Waals surface area (Å²) >= 11 is 2.14. The molecule has 0 saturated heterocycles. The topological polar surface area (TPSA) is 69.2 Å². The largest absolute Gasteiger partial charge is 0.493 e. The number of carbonyl (C=O) groups excluding carboxylic acids is 1. The molecular formula is C17H15F2IN2O4. The second-order valence-corrected chi connectivity index (χ2v) is 6.10. The predicted molar refractivity (Wildman–Crippen MR) is 101 cm³/mol. The third-order valence-corrected chi connectivity index (χ3v) is 3.66. The van der Waals surface area contributed by atoms with Gasteiger partial charge in [-0.3, -0.25) is 4.79 Å². The van der Waals surface area contributed by atoms with Crippen LogP contribution in [-0.2, 0) is 9.63 Å². The molecule has 2 rings (SSSR count). The van der Waals surface area contributed by atoms with Gasteiger partial charge in [-0.25, -0.2) is 0 Å². The van der Waals surface area contributed by atoms with Crippen LogP contribution in [0, 0.1) is 3.57 Å². The van der Waals surface area contributed by atoms with Gasteiger partial charge in [-0.1, -0.05) is 11.2 Å². The second-order valence-electron chi connectivity index (χ2n) is 4.86. The fourth-order valence-electron chi connectivity index (χ4n) is 1.92. The van der Waals surface area contributed by atoms with Gasteiger partial charge in [0.05, 0.1) is 13.3 Å². The number of methoxy groups -OCH3 is 1. The number of oxime groups is 1. The van der Waals surface area contributed by atoms with E-state index >= 15 is 0 Å². The van der Waals surface area contributed by atoms with E-state index in [0.29, 0.717) is 11.3 Å². The van der Waals surface area contributed by atoms with E-state index in [2.05, 4.69) is 37.8 Å². The summed E-state index contributed by atoms with van der Waals surface area (Å²) in [5, 5.41) is 6.35. The van der Waals surface area contributed by atoms with Crippen LogP contribution in [0.25, 0.3) is 0 Å². The minimum atomic E-state index is -2.95. The van der Waals surface area contributed by atoms with E-state index in [0.717, 1.165) is 3.57 Å². The molecule has 0 aliphatic heterocycles. The van der Waals surface area contributed by atoms with Gasteiger partial charge in [-0.15, -0.1) is 0 Å². The number of nitrogens with one attached hydrogen (secondary N) is 1. The monoisotopic (exact) mass is 476 g/mol. The summed E-state index contributed by atoms with van der Waals surface area (Å²) in [6, 6.07) is 11.6. The Balaban J connectivity index is 1.87. The molecule has 2 aromatic rings. The first-order valence-corrected chi connectivity index (χ1v) is 8.39. The molecule has 0 atom stereocenters. The number of rotatable bonds is 8. The van der Waals surface area contributed by atoms with Crippen molar-refractivity contribution in [3.8, 4) is 11.5 Å². The maximum atomic E-state index is 12.3. The first-order chi connectivity index (χ1) is 12.5. The van der Waals surface area contributed by atoms with Crippen molar-refractivity contribution < 1.29 is 27.9 Å². The Hall–Kier alpha value is -2.43. The Labute approximate surface area is 162 Å². The number of ether oxygens (including phenoxy) is 2. The molecule has 1 amide bonds. The number of anilines is 1. The highest BCUT2D eigenvalue weighted by Crippen LogP contribution is 2.28. The molecule has 6 nitrogen and oxygen atoms in total. The summed E-state index contributed by atoms with van der Waals surface area (Å²) in [7, 11) is 1.33. The lowest BCUT2D eigenvalue weighted by Crippen LogP contribution is -2.17. The van der Waals surface area contributed by atoms with E-state index in [1.165, 1.54) is 31.5 Å². The number of benzene rings is 2. The number of halogens is 3. The van der Waals surface area contributed by atoms with Gasteiger partial charge < -0.3 is 19.6 Å². The summed E-state index contributed by atoms with van der Waals surface area (Å²) in [6.45, 7) is -3.22. The molecule has 0 heterocycles. The highest BCUT2D eigenvalue weighted by molar-refractivity contribution is 14.1. The molecule has 0 radical (unpaired) electrons. The summed E-state index contributed by atoms with van der Waals surface area (Å²) in [5.74, 6) is -0.314. The van der Waals surface area contributed by atoms with Gasteiger partial charge >= 0.3 is 6.61 Å². The molecule has 138 valence electrons. The number of carbonyl (C=O) groups is 1. The van der Waals surface area contributed by atoms with Crippen LogP contribution in [0.2, 0.25) is 0 Å². The Morgan fingerprint density at radius 2 is 2.08 bits per heavy atom. The van der Waals surface area contributed by atoms with Crippen molar-refractivity contribution in [3.05, 3.63) is 51.6 Å². The molecule has 0 aliphatic carbocycles. The smallest absolute Gasteiger partial charge is 0.387 e. The highest BCUT2D eigenvalue weighted by Gasteiger charge is 2.10. The van der Waals surface area contributed by atoms with E-state index in [4.69, 9.17) is 9.57 Å². The van der Waals surface area contributed by atoms with Crippen LogP contribution >= 0.6 is 22.6 Å². The Morgan fingerprint density at radius 3 is 2.77 bits per heavy atom. The zero-order chi connectivity index (χ0) is 18.9. The normalized spacial score (nSPS) is 10.8. The second kappa shape index (κ2) is 9.90. The van der Waals surface area contributed by atoms with Gasteiger partial charge in [0.1, 0.15) is 0 Å². The van der Waals surface area contributed by atoms with Gasteiger partial charge in [0, 0.05) is 14.8 Å². The van der Waals surface area contributed by atoms with Crippen LogP contribution in [0.4, 0.5) is 14.5 Å². The molecule has 0 fully saturated rings. The average molecular weight is 476 g/mol. The van der Waals surface area contributed by atoms with E-state index < -0.39 is 6.61 Å². The molecule has 0 aromatic heterocycles. The van der Waals surface area contributed by atoms with Crippen LogP contribution < -0.4 is 14.8 Å². The maximum absolute atomic E-state index is 12.3. The molecule has 0 saturated carbocycles. The Morgan fingerprint density at radius 1 is 1.27 bits per heavy atom. The first kappa shape index (κ1) is 19.9. The number of nitrogens with zero attached hydrogens (tertiary/aromatic N) is 1. The first-order valence-electron chi connectivity index (χ1n) is 7.31. The van der Waals surface area contributed by atoms with E-state index in [9.17, 15) is 13.6 Å². The minimum absolute atomic E-state index is 0.0857. The molecule has 0 spiro atoms. The standard InChI is InChI=1S/C17H15F2IN2O4/c1-24-15-7-11(5-6-14(15)26-17(18)19)9-21-25-10-16(23)22-13-4-2-3-12(20)8-13/h2-9,17H,10H2,1H3,(H,22,23)/b21-9+.